The number of nitrogens with two attached hydrogens (primary N) is 1. The largest absolute Gasteiger partial charge is 0.326 e. The molecule has 0 bridgehead atoms. The van der Waals surface area contributed by atoms with Gasteiger partial charge in [0.2, 0.25) is 10.0 Å². The molecule has 5 nitrogen and oxygen atoms in total. The predicted octanol–water partition coefficient (Wildman–Crippen LogP) is 1.62. The van der Waals surface area contributed by atoms with E-state index in [9.17, 15) is 8.42 Å². The second-order valence-electron chi connectivity index (χ2n) is 5.37. The van der Waals surface area contributed by atoms with E-state index in [-0.39, 0.29) is 6.04 Å². The first kappa shape index (κ1) is 16.9. The summed E-state index contributed by atoms with van der Waals surface area (Å²) in [5.74, 6) is 0. The summed E-state index contributed by atoms with van der Waals surface area (Å²) in [4.78, 5) is 2.54. The van der Waals surface area contributed by atoms with Crippen molar-refractivity contribution in [1.29, 1.82) is 0 Å². The van der Waals surface area contributed by atoms with Crippen LogP contribution < -0.4 is 5.73 Å². The number of sulfonamides is 1. The molecule has 0 aromatic heterocycles. The Labute approximate surface area is 135 Å². The van der Waals surface area contributed by atoms with E-state index in [0.717, 1.165) is 18.5 Å². The van der Waals surface area contributed by atoms with Gasteiger partial charge in [0, 0.05) is 36.7 Å². The number of nitrogens with zero attached hydrogens (tertiary/aromatic N) is 2. The normalized spacial score (nSPS) is 21.6. The third-order valence-electron chi connectivity index (χ3n) is 4.06. The molecule has 0 spiro atoms. The highest BCUT2D eigenvalue weighted by Crippen LogP contribution is 2.27. The zero-order valence-electron chi connectivity index (χ0n) is 12.4. The summed E-state index contributed by atoms with van der Waals surface area (Å²) in [5.41, 5.74) is 6.49. The first-order valence-corrected chi connectivity index (χ1v) is 9.32. The van der Waals surface area contributed by atoms with E-state index in [4.69, 9.17) is 5.73 Å². The molecule has 0 radical (unpaired) electrons. The lowest BCUT2D eigenvalue weighted by Crippen LogP contribution is -2.52. The van der Waals surface area contributed by atoms with Gasteiger partial charge in [-0.25, -0.2) is 8.42 Å². The number of benzene rings is 1. The van der Waals surface area contributed by atoms with Crippen LogP contribution in [0.2, 0.25) is 0 Å². The molecule has 0 aliphatic carbocycles. The van der Waals surface area contributed by atoms with E-state index in [1.54, 1.807) is 22.5 Å². The van der Waals surface area contributed by atoms with E-state index < -0.39 is 10.0 Å². The average molecular weight is 376 g/mol. The number of hydrogen-bond donors (Lipinski definition) is 1. The maximum atomic E-state index is 12.8. The lowest BCUT2D eigenvalue weighted by Gasteiger charge is -2.38. The number of halogens is 1. The van der Waals surface area contributed by atoms with Crippen molar-refractivity contribution in [1.82, 2.24) is 9.21 Å². The number of rotatable bonds is 4. The Balaban J connectivity index is 2.30. The van der Waals surface area contributed by atoms with Gasteiger partial charge in [-0.2, -0.15) is 4.31 Å². The van der Waals surface area contributed by atoms with Crippen molar-refractivity contribution in [3.8, 4) is 0 Å². The summed E-state index contributed by atoms with van der Waals surface area (Å²) >= 11 is 3.36. The Kier molecular flexibility index (Phi) is 5.43. The van der Waals surface area contributed by atoms with Crippen molar-refractivity contribution in [3.05, 3.63) is 28.2 Å². The standard InChI is InChI=1S/C14H22BrN3O2S/c1-3-12-10-18(7-6-17(12)2)21(19,20)14-5-4-11(9-16)8-13(14)15/h4-5,8,12H,3,6-7,9-10,16H2,1-2H3. The minimum atomic E-state index is -3.47. The summed E-state index contributed by atoms with van der Waals surface area (Å²) < 4.78 is 27.8. The van der Waals surface area contributed by atoms with Crippen molar-refractivity contribution >= 4 is 26.0 Å². The van der Waals surface area contributed by atoms with Crippen LogP contribution in [0.15, 0.2) is 27.6 Å². The number of likely N-dealkylation sites (N-methyl/N-ethyl adjacent to an activating group) is 1. The van der Waals surface area contributed by atoms with E-state index in [0.29, 0.717) is 29.0 Å². The lowest BCUT2D eigenvalue weighted by molar-refractivity contribution is 0.144. The fourth-order valence-electron chi connectivity index (χ4n) is 2.60. The fraction of sp³-hybridized carbons (Fsp3) is 0.571. The van der Waals surface area contributed by atoms with Crippen LogP contribution in [0.4, 0.5) is 0 Å². The molecule has 1 unspecified atom stereocenters. The Morgan fingerprint density at radius 2 is 2.10 bits per heavy atom. The van der Waals surface area contributed by atoms with Crippen LogP contribution in [0.5, 0.6) is 0 Å². The molecule has 0 saturated carbocycles. The Bertz CT molecular complexity index is 606. The molecule has 1 aliphatic heterocycles. The second kappa shape index (κ2) is 6.75. The Morgan fingerprint density at radius 3 is 2.67 bits per heavy atom. The van der Waals surface area contributed by atoms with Crippen molar-refractivity contribution in [2.24, 2.45) is 5.73 Å². The Hall–Kier alpha value is -0.470. The predicted molar refractivity (Wildman–Crippen MR) is 87.5 cm³/mol. The molecule has 1 heterocycles. The average Bonchev–Trinajstić information content (AvgIpc) is 2.47. The highest BCUT2D eigenvalue weighted by molar-refractivity contribution is 9.10. The van der Waals surface area contributed by atoms with E-state index in [1.807, 2.05) is 7.05 Å². The topological polar surface area (TPSA) is 66.6 Å². The molecule has 1 saturated heterocycles. The van der Waals surface area contributed by atoms with Crippen molar-refractivity contribution in [2.45, 2.75) is 30.8 Å². The molecule has 1 fully saturated rings. The van der Waals surface area contributed by atoms with Gasteiger partial charge in [0.15, 0.2) is 0 Å². The highest BCUT2D eigenvalue weighted by Gasteiger charge is 2.32. The molecule has 118 valence electrons. The second-order valence-corrected chi connectivity index (χ2v) is 8.14. The van der Waals surface area contributed by atoms with Crippen LogP contribution in [0.25, 0.3) is 0 Å². The van der Waals surface area contributed by atoms with Crippen LogP contribution in [0.1, 0.15) is 18.9 Å². The fourth-order valence-corrected chi connectivity index (χ4v) is 5.15. The lowest BCUT2D eigenvalue weighted by atomic mass is 10.1. The van der Waals surface area contributed by atoms with Gasteiger partial charge in [-0.05, 0) is 47.1 Å². The van der Waals surface area contributed by atoms with Gasteiger partial charge in [-0.3, -0.25) is 0 Å². The highest BCUT2D eigenvalue weighted by atomic mass is 79.9. The third kappa shape index (κ3) is 3.48. The summed E-state index contributed by atoms with van der Waals surface area (Å²) in [6.45, 7) is 4.31. The number of hydrogen-bond acceptors (Lipinski definition) is 4. The van der Waals surface area contributed by atoms with Crippen LogP contribution in [-0.2, 0) is 16.6 Å². The maximum Gasteiger partial charge on any atom is 0.244 e. The van der Waals surface area contributed by atoms with Crippen LogP contribution >= 0.6 is 15.9 Å². The van der Waals surface area contributed by atoms with Gasteiger partial charge in [0.25, 0.3) is 0 Å². The summed E-state index contributed by atoms with van der Waals surface area (Å²) in [5, 5.41) is 0. The van der Waals surface area contributed by atoms with Gasteiger partial charge in [0.05, 0.1) is 4.90 Å². The number of piperazine rings is 1. The molecule has 0 amide bonds. The molecule has 1 aliphatic rings. The Morgan fingerprint density at radius 1 is 1.38 bits per heavy atom. The molecule has 1 aromatic carbocycles. The van der Waals surface area contributed by atoms with Crippen LogP contribution in [-0.4, -0.2) is 50.3 Å². The van der Waals surface area contributed by atoms with Crippen LogP contribution in [0, 0.1) is 0 Å². The first-order chi connectivity index (χ1) is 9.90. The minimum absolute atomic E-state index is 0.274. The minimum Gasteiger partial charge on any atom is -0.326 e. The van der Waals surface area contributed by atoms with Crippen molar-refractivity contribution in [2.75, 3.05) is 26.7 Å². The van der Waals surface area contributed by atoms with Gasteiger partial charge in [0.1, 0.15) is 0 Å². The maximum absolute atomic E-state index is 12.8. The summed E-state index contributed by atoms with van der Waals surface area (Å²) in [6, 6.07) is 5.46. The third-order valence-corrected chi connectivity index (χ3v) is 6.90. The molecule has 21 heavy (non-hydrogen) atoms. The SMILES string of the molecule is CCC1CN(S(=O)(=O)c2ccc(CN)cc2Br)CCN1C. The zero-order chi connectivity index (χ0) is 15.6. The first-order valence-electron chi connectivity index (χ1n) is 7.09. The van der Waals surface area contributed by atoms with Crippen molar-refractivity contribution in [3.63, 3.8) is 0 Å². The summed E-state index contributed by atoms with van der Waals surface area (Å²) in [7, 11) is -1.42. The van der Waals surface area contributed by atoms with Gasteiger partial charge in [-0.1, -0.05) is 13.0 Å². The molecule has 1 aromatic rings. The molecule has 1 atom stereocenters. The van der Waals surface area contributed by atoms with E-state index in [2.05, 4.69) is 27.8 Å². The van der Waals surface area contributed by atoms with Gasteiger partial charge in [-0.15, -0.1) is 0 Å². The van der Waals surface area contributed by atoms with Gasteiger partial charge >= 0.3 is 0 Å². The molecule has 7 heteroatoms. The molecule has 2 N–H and O–H groups in total. The summed E-state index contributed by atoms with van der Waals surface area (Å²) in [6.07, 6.45) is 0.940. The van der Waals surface area contributed by atoms with E-state index >= 15 is 0 Å². The quantitative estimate of drug-likeness (QED) is 0.867. The van der Waals surface area contributed by atoms with Crippen molar-refractivity contribution < 1.29 is 8.42 Å². The molecular weight excluding hydrogens is 354 g/mol. The smallest absolute Gasteiger partial charge is 0.244 e. The van der Waals surface area contributed by atoms with E-state index in [1.165, 1.54) is 0 Å². The monoisotopic (exact) mass is 375 g/mol. The molecular formula is C14H22BrN3O2S. The zero-order valence-corrected chi connectivity index (χ0v) is 14.8. The van der Waals surface area contributed by atoms with Gasteiger partial charge < -0.3 is 10.6 Å². The van der Waals surface area contributed by atoms with Crippen LogP contribution in [0.3, 0.4) is 0 Å². The molecule has 2 rings (SSSR count).